The summed E-state index contributed by atoms with van der Waals surface area (Å²) in [5.74, 6) is -2.48. The first-order valence-electron chi connectivity index (χ1n) is 7.25. The fraction of sp³-hybridized carbons (Fsp3) is 0.333. The Morgan fingerprint density at radius 1 is 1.29 bits per heavy atom. The lowest BCUT2D eigenvalue weighted by Gasteiger charge is -2.34. The van der Waals surface area contributed by atoms with Crippen molar-refractivity contribution < 1.29 is 13.5 Å². The van der Waals surface area contributed by atoms with Crippen LogP contribution in [0.3, 0.4) is 0 Å². The van der Waals surface area contributed by atoms with Gasteiger partial charge in [-0.2, -0.15) is 5.10 Å². The number of methoxy groups -OCH3 is 1. The molecule has 0 N–H and O–H groups in total. The van der Waals surface area contributed by atoms with Crippen LogP contribution in [0.25, 0.3) is 17.0 Å². The van der Waals surface area contributed by atoms with Gasteiger partial charge in [-0.3, -0.25) is 4.98 Å². The van der Waals surface area contributed by atoms with Gasteiger partial charge in [-0.15, -0.1) is 0 Å². The number of nitrogens with zero attached hydrogens (tertiary/aromatic N) is 5. The Balaban J connectivity index is 1.84. The fourth-order valence-electron chi connectivity index (χ4n) is 2.85. The monoisotopic (exact) mass is 395 g/mol. The molecule has 0 bridgehead atoms. The molecule has 0 saturated heterocycles. The molecule has 1 fully saturated rings. The molecule has 3 heterocycles. The molecule has 0 spiro atoms. The Hall–Kier alpha value is -2.16. The van der Waals surface area contributed by atoms with Crippen LogP contribution < -0.4 is 4.74 Å². The first-order chi connectivity index (χ1) is 11.5. The van der Waals surface area contributed by atoms with Gasteiger partial charge in [0.2, 0.25) is 5.92 Å². The number of halogens is 3. The Morgan fingerprint density at radius 2 is 2.08 bits per heavy atom. The average molecular weight is 396 g/mol. The molecule has 24 heavy (non-hydrogen) atoms. The zero-order valence-electron chi connectivity index (χ0n) is 12.6. The molecular formula is C15H12BrF2N5O. The van der Waals surface area contributed by atoms with Gasteiger partial charge >= 0.3 is 0 Å². The number of imidazole rings is 1. The van der Waals surface area contributed by atoms with Crippen molar-refractivity contribution in [2.75, 3.05) is 7.11 Å². The third-order valence-electron chi connectivity index (χ3n) is 4.05. The van der Waals surface area contributed by atoms with Gasteiger partial charge in [0.25, 0.3) is 0 Å². The molecule has 9 heteroatoms. The smallest absolute Gasteiger partial charge is 0.249 e. The fourth-order valence-corrected chi connectivity index (χ4v) is 3.16. The van der Waals surface area contributed by atoms with Gasteiger partial charge in [-0.1, -0.05) is 0 Å². The molecule has 0 radical (unpaired) electrons. The molecule has 1 aliphatic carbocycles. The molecule has 3 aromatic heterocycles. The normalized spacial score (nSPS) is 17.0. The molecule has 0 unspecified atom stereocenters. The van der Waals surface area contributed by atoms with Gasteiger partial charge < -0.3 is 4.74 Å². The highest BCUT2D eigenvalue weighted by atomic mass is 79.9. The second kappa shape index (κ2) is 5.44. The predicted molar refractivity (Wildman–Crippen MR) is 85.2 cm³/mol. The molecule has 0 atom stereocenters. The summed E-state index contributed by atoms with van der Waals surface area (Å²) in [7, 11) is 1.50. The van der Waals surface area contributed by atoms with Crippen molar-refractivity contribution in [2.45, 2.75) is 24.7 Å². The van der Waals surface area contributed by atoms with Crippen molar-refractivity contribution in [3.8, 4) is 17.1 Å². The summed E-state index contributed by atoms with van der Waals surface area (Å²) in [6.07, 6.45) is 4.35. The van der Waals surface area contributed by atoms with Crippen LogP contribution in [0.4, 0.5) is 8.78 Å². The maximum atomic E-state index is 13.2. The minimum atomic E-state index is -2.63. The lowest BCUT2D eigenvalue weighted by atomic mass is 9.79. The van der Waals surface area contributed by atoms with E-state index in [4.69, 9.17) is 4.74 Å². The van der Waals surface area contributed by atoms with Crippen LogP contribution in [-0.4, -0.2) is 37.6 Å². The van der Waals surface area contributed by atoms with Crippen LogP contribution in [0.5, 0.6) is 5.75 Å². The summed E-state index contributed by atoms with van der Waals surface area (Å²) in [6, 6.07) is 1.70. The van der Waals surface area contributed by atoms with Crippen LogP contribution >= 0.6 is 15.9 Å². The number of rotatable bonds is 3. The summed E-state index contributed by atoms with van der Waals surface area (Å²) in [6.45, 7) is 0. The quantitative estimate of drug-likeness (QED) is 0.679. The molecule has 0 aliphatic heterocycles. The van der Waals surface area contributed by atoms with Crippen molar-refractivity contribution in [1.82, 2.24) is 24.6 Å². The number of hydrogen-bond donors (Lipinski definition) is 0. The Labute approximate surface area is 144 Å². The maximum absolute atomic E-state index is 13.2. The molecule has 1 saturated carbocycles. The van der Waals surface area contributed by atoms with E-state index in [1.165, 1.54) is 7.11 Å². The van der Waals surface area contributed by atoms with E-state index in [-0.39, 0.29) is 18.8 Å². The Bertz CT molecular complexity index is 921. The Morgan fingerprint density at radius 3 is 2.75 bits per heavy atom. The lowest BCUT2D eigenvalue weighted by Crippen LogP contribution is -2.34. The van der Waals surface area contributed by atoms with Gasteiger partial charge in [-0.05, 0) is 15.9 Å². The number of alkyl halides is 2. The van der Waals surface area contributed by atoms with Gasteiger partial charge in [0.15, 0.2) is 5.65 Å². The maximum Gasteiger partial charge on any atom is 0.249 e. The highest BCUT2D eigenvalue weighted by Gasteiger charge is 2.47. The first kappa shape index (κ1) is 15.4. The van der Waals surface area contributed by atoms with Gasteiger partial charge in [-0.25, -0.2) is 23.3 Å². The standard InChI is InChI=1S/C15H12BrF2N5O/c1-24-11-2-13-20-6-10(9-5-19-7-12(16)21-9)23(13)22-14(11)8-3-15(17,18)4-8/h2,5-8H,3-4H2,1H3. The summed E-state index contributed by atoms with van der Waals surface area (Å²) in [5.41, 5.74) is 2.28. The molecule has 0 amide bonds. The minimum absolute atomic E-state index is 0.220. The SMILES string of the molecule is COc1cc2ncc(-c3cncc(Br)n3)n2nc1C1CC(F)(F)C1. The van der Waals surface area contributed by atoms with Crippen LogP contribution in [0.2, 0.25) is 0 Å². The van der Waals surface area contributed by atoms with Crippen molar-refractivity contribution >= 4 is 21.6 Å². The largest absolute Gasteiger partial charge is 0.495 e. The average Bonchev–Trinajstić information content (AvgIpc) is 2.94. The van der Waals surface area contributed by atoms with E-state index in [0.717, 1.165) is 0 Å². The molecule has 6 nitrogen and oxygen atoms in total. The van der Waals surface area contributed by atoms with E-state index in [0.29, 0.717) is 33.1 Å². The van der Waals surface area contributed by atoms with Crippen molar-refractivity contribution in [2.24, 2.45) is 0 Å². The van der Waals surface area contributed by atoms with E-state index in [9.17, 15) is 8.78 Å². The van der Waals surface area contributed by atoms with E-state index in [1.54, 1.807) is 29.2 Å². The molecule has 124 valence electrons. The van der Waals surface area contributed by atoms with Gasteiger partial charge in [0.05, 0.1) is 25.7 Å². The van der Waals surface area contributed by atoms with Gasteiger partial charge in [0.1, 0.15) is 27.4 Å². The number of aromatic nitrogens is 5. The summed E-state index contributed by atoms with van der Waals surface area (Å²) < 4.78 is 34.0. The van der Waals surface area contributed by atoms with Crippen molar-refractivity contribution in [3.63, 3.8) is 0 Å². The van der Waals surface area contributed by atoms with Crippen LogP contribution in [-0.2, 0) is 0 Å². The first-order valence-corrected chi connectivity index (χ1v) is 8.04. The lowest BCUT2D eigenvalue weighted by molar-refractivity contribution is -0.0881. The molecule has 1 aliphatic rings. The van der Waals surface area contributed by atoms with E-state index in [2.05, 4.69) is 36.0 Å². The second-order valence-corrected chi connectivity index (χ2v) is 6.51. The topological polar surface area (TPSA) is 65.2 Å². The zero-order valence-corrected chi connectivity index (χ0v) is 14.2. The number of fused-ring (bicyclic) bond motifs is 1. The van der Waals surface area contributed by atoms with Crippen molar-refractivity contribution in [3.05, 3.63) is 35.0 Å². The highest BCUT2D eigenvalue weighted by Crippen LogP contribution is 2.49. The van der Waals surface area contributed by atoms with Gasteiger partial charge in [0, 0.05) is 24.8 Å². The minimum Gasteiger partial charge on any atom is -0.495 e. The predicted octanol–water partition coefficient (Wildman–Crippen LogP) is 3.47. The number of ether oxygens (including phenoxy) is 1. The van der Waals surface area contributed by atoms with E-state index >= 15 is 0 Å². The molecule has 3 aromatic rings. The summed E-state index contributed by atoms with van der Waals surface area (Å²) >= 11 is 3.28. The molecule has 4 rings (SSSR count). The van der Waals surface area contributed by atoms with Crippen molar-refractivity contribution in [1.29, 1.82) is 0 Å². The molecular weight excluding hydrogens is 384 g/mol. The third kappa shape index (κ3) is 2.52. The van der Waals surface area contributed by atoms with Crippen LogP contribution in [0.15, 0.2) is 29.3 Å². The zero-order chi connectivity index (χ0) is 16.9. The summed E-state index contributed by atoms with van der Waals surface area (Å²) in [4.78, 5) is 12.7. The summed E-state index contributed by atoms with van der Waals surface area (Å²) in [5, 5.41) is 4.51. The second-order valence-electron chi connectivity index (χ2n) is 5.70. The molecule has 0 aromatic carbocycles. The Kier molecular flexibility index (Phi) is 3.48. The van der Waals surface area contributed by atoms with E-state index in [1.807, 2.05) is 0 Å². The van der Waals surface area contributed by atoms with Crippen LogP contribution in [0, 0.1) is 0 Å². The van der Waals surface area contributed by atoms with Crippen LogP contribution in [0.1, 0.15) is 24.5 Å². The third-order valence-corrected chi connectivity index (χ3v) is 4.43. The number of hydrogen-bond acceptors (Lipinski definition) is 5. The highest BCUT2D eigenvalue weighted by molar-refractivity contribution is 9.10. The van der Waals surface area contributed by atoms with E-state index < -0.39 is 5.92 Å².